The Kier molecular flexibility index (Phi) is 9.99. The fourth-order valence-corrected chi connectivity index (χ4v) is 3.42. The van der Waals surface area contributed by atoms with Gasteiger partial charge in [-0.1, -0.05) is 31.5 Å². The van der Waals surface area contributed by atoms with Crippen molar-refractivity contribution in [2.45, 2.75) is 32.6 Å². The van der Waals surface area contributed by atoms with Gasteiger partial charge in [0.25, 0.3) is 0 Å². The molecule has 0 saturated heterocycles. The van der Waals surface area contributed by atoms with Crippen LogP contribution in [0, 0.1) is 0 Å². The third-order valence-electron chi connectivity index (χ3n) is 5.35. The van der Waals surface area contributed by atoms with Crippen molar-refractivity contribution in [2.24, 2.45) is 0 Å². The molecule has 3 rings (SSSR count). The molecule has 0 aromatic heterocycles. The molecule has 184 valence electrons. The number of methoxy groups -OCH3 is 1. The van der Waals surface area contributed by atoms with Crippen LogP contribution in [0.3, 0.4) is 0 Å². The molecule has 7 nitrogen and oxygen atoms in total. The Labute approximate surface area is 207 Å². The number of urea groups is 1. The highest BCUT2D eigenvalue weighted by Crippen LogP contribution is 2.25. The summed E-state index contributed by atoms with van der Waals surface area (Å²) in [7, 11) is 1.60. The van der Waals surface area contributed by atoms with E-state index in [-0.39, 0.29) is 11.9 Å². The molecule has 0 unspecified atom stereocenters. The summed E-state index contributed by atoms with van der Waals surface area (Å²) >= 11 is 0. The molecule has 2 N–H and O–H groups in total. The largest absolute Gasteiger partial charge is 0.497 e. The molecule has 0 radical (unpaired) electrons. The number of amides is 3. The second-order valence-electron chi connectivity index (χ2n) is 8.03. The van der Waals surface area contributed by atoms with E-state index in [4.69, 9.17) is 9.47 Å². The Bertz CT molecular complexity index is 1050. The van der Waals surface area contributed by atoms with Gasteiger partial charge in [0, 0.05) is 30.9 Å². The predicted octanol–water partition coefficient (Wildman–Crippen LogP) is 6.22. The van der Waals surface area contributed by atoms with E-state index in [1.807, 2.05) is 54.6 Å². The molecule has 0 atom stereocenters. The second kappa shape index (κ2) is 13.6. The predicted molar refractivity (Wildman–Crippen MR) is 139 cm³/mol. The number of rotatable bonds is 12. The number of carbonyl (C=O) groups is 2. The molecule has 3 aromatic rings. The summed E-state index contributed by atoms with van der Waals surface area (Å²) < 4.78 is 11.1. The van der Waals surface area contributed by atoms with E-state index in [1.54, 1.807) is 36.3 Å². The zero-order valence-electron chi connectivity index (χ0n) is 20.3. The first-order valence-corrected chi connectivity index (χ1v) is 11.9. The van der Waals surface area contributed by atoms with Crippen LogP contribution in [0.5, 0.6) is 17.2 Å². The summed E-state index contributed by atoms with van der Waals surface area (Å²) in [6, 6.07) is 23.8. The van der Waals surface area contributed by atoms with E-state index < -0.39 is 0 Å². The molecule has 0 fully saturated rings. The van der Waals surface area contributed by atoms with Crippen LogP contribution in [0.25, 0.3) is 0 Å². The molecule has 0 saturated carbocycles. The van der Waals surface area contributed by atoms with Crippen molar-refractivity contribution in [1.29, 1.82) is 0 Å². The van der Waals surface area contributed by atoms with E-state index in [0.717, 1.165) is 24.3 Å². The van der Waals surface area contributed by atoms with Gasteiger partial charge >= 0.3 is 6.03 Å². The minimum absolute atomic E-state index is 0.0449. The van der Waals surface area contributed by atoms with Crippen LogP contribution >= 0.6 is 0 Å². The topological polar surface area (TPSA) is 79.9 Å². The number of hydrogen-bond donors (Lipinski definition) is 2. The first-order chi connectivity index (χ1) is 17.1. The highest BCUT2D eigenvalue weighted by Gasteiger charge is 2.16. The second-order valence-corrected chi connectivity index (χ2v) is 8.03. The Hall–Kier alpha value is -4.00. The third kappa shape index (κ3) is 8.37. The molecule has 7 heteroatoms. The molecule has 0 bridgehead atoms. The van der Waals surface area contributed by atoms with Crippen LogP contribution in [0.1, 0.15) is 32.6 Å². The van der Waals surface area contributed by atoms with Crippen molar-refractivity contribution in [3.05, 3.63) is 78.9 Å². The molecule has 3 amide bonds. The maximum absolute atomic E-state index is 13.2. The maximum Gasteiger partial charge on any atom is 0.326 e. The van der Waals surface area contributed by atoms with E-state index in [1.165, 1.54) is 0 Å². The van der Waals surface area contributed by atoms with Crippen LogP contribution in [-0.2, 0) is 4.79 Å². The van der Waals surface area contributed by atoms with Gasteiger partial charge in [-0.2, -0.15) is 0 Å². The molecule has 35 heavy (non-hydrogen) atoms. The SMILES string of the molecule is CCCCC(=O)NCCCN(C(=O)Nc1ccc(OC)cc1)c1ccc(Oc2ccccc2)cc1. The molecular weight excluding hydrogens is 442 g/mol. The minimum Gasteiger partial charge on any atom is -0.497 e. The van der Waals surface area contributed by atoms with Crippen LogP contribution in [0.15, 0.2) is 78.9 Å². The lowest BCUT2D eigenvalue weighted by atomic mass is 10.2. The normalized spacial score (nSPS) is 10.3. The fourth-order valence-electron chi connectivity index (χ4n) is 3.42. The van der Waals surface area contributed by atoms with Crippen LogP contribution in [-0.4, -0.2) is 32.1 Å². The highest BCUT2D eigenvalue weighted by molar-refractivity contribution is 6.01. The number of ether oxygens (including phenoxy) is 2. The van der Waals surface area contributed by atoms with E-state index in [9.17, 15) is 9.59 Å². The molecule has 0 aliphatic heterocycles. The van der Waals surface area contributed by atoms with Crippen LogP contribution in [0.2, 0.25) is 0 Å². The highest BCUT2D eigenvalue weighted by atomic mass is 16.5. The number of nitrogens with one attached hydrogen (secondary N) is 2. The van der Waals surface area contributed by atoms with Gasteiger partial charge in [0.05, 0.1) is 7.11 Å². The average molecular weight is 476 g/mol. The number of para-hydroxylation sites is 1. The van der Waals surface area contributed by atoms with Gasteiger partial charge in [0.1, 0.15) is 17.2 Å². The lowest BCUT2D eigenvalue weighted by Gasteiger charge is -2.24. The van der Waals surface area contributed by atoms with Crippen LogP contribution in [0.4, 0.5) is 16.2 Å². The smallest absolute Gasteiger partial charge is 0.326 e. The maximum atomic E-state index is 13.2. The number of benzene rings is 3. The lowest BCUT2D eigenvalue weighted by molar-refractivity contribution is -0.121. The Morgan fingerprint density at radius 1 is 0.829 bits per heavy atom. The van der Waals surface area contributed by atoms with E-state index in [2.05, 4.69) is 17.6 Å². The molecule has 0 aliphatic carbocycles. The van der Waals surface area contributed by atoms with Gasteiger partial charge in [-0.05, 0) is 73.5 Å². The monoisotopic (exact) mass is 475 g/mol. The number of unbranched alkanes of at least 4 members (excludes halogenated alkanes) is 1. The fraction of sp³-hybridized carbons (Fsp3) is 0.286. The van der Waals surface area contributed by atoms with Crippen molar-refractivity contribution in [3.8, 4) is 17.2 Å². The summed E-state index contributed by atoms with van der Waals surface area (Å²) in [5.41, 5.74) is 1.39. The molecule has 3 aromatic carbocycles. The number of hydrogen-bond acceptors (Lipinski definition) is 4. The summed E-state index contributed by atoms with van der Waals surface area (Å²) in [5.74, 6) is 2.18. The zero-order valence-corrected chi connectivity index (χ0v) is 20.3. The molecule has 0 spiro atoms. The number of carbonyl (C=O) groups excluding carboxylic acids is 2. The van der Waals surface area contributed by atoms with Crippen molar-refractivity contribution in [2.75, 3.05) is 30.4 Å². The summed E-state index contributed by atoms with van der Waals surface area (Å²) in [4.78, 5) is 26.7. The summed E-state index contributed by atoms with van der Waals surface area (Å²) in [5, 5.41) is 5.87. The molecule has 0 heterocycles. The first kappa shape index (κ1) is 25.6. The number of nitrogens with zero attached hydrogens (tertiary/aromatic N) is 1. The summed E-state index contributed by atoms with van der Waals surface area (Å²) in [6.45, 7) is 3.00. The standard InChI is InChI=1S/C28H33N3O4/c1-3-4-11-27(32)29-20-8-21-31(28(33)30-22-12-16-24(34-2)17-13-22)23-14-18-26(19-15-23)35-25-9-6-5-7-10-25/h5-7,9-10,12-19H,3-4,8,11,20-21H2,1-2H3,(H,29,32)(H,30,33). The van der Waals surface area contributed by atoms with Gasteiger partial charge < -0.3 is 20.1 Å². The lowest BCUT2D eigenvalue weighted by Crippen LogP contribution is -2.37. The van der Waals surface area contributed by atoms with Gasteiger partial charge in [0.15, 0.2) is 0 Å². The zero-order chi connectivity index (χ0) is 24.9. The van der Waals surface area contributed by atoms with Crippen molar-refractivity contribution >= 4 is 23.3 Å². The Morgan fingerprint density at radius 3 is 2.14 bits per heavy atom. The van der Waals surface area contributed by atoms with E-state index >= 15 is 0 Å². The minimum atomic E-state index is -0.260. The van der Waals surface area contributed by atoms with Crippen molar-refractivity contribution in [3.63, 3.8) is 0 Å². The molecule has 0 aliphatic rings. The van der Waals surface area contributed by atoms with Crippen LogP contribution < -0.4 is 25.0 Å². The van der Waals surface area contributed by atoms with Gasteiger partial charge in [-0.15, -0.1) is 0 Å². The summed E-state index contributed by atoms with van der Waals surface area (Å²) in [6.07, 6.45) is 3.01. The quantitative estimate of drug-likeness (QED) is 0.305. The third-order valence-corrected chi connectivity index (χ3v) is 5.35. The first-order valence-electron chi connectivity index (χ1n) is 11.9. The van der Waals surface area contributed by atoms with Crippen molar-refractivity contribution in [1.82, 2.24) is 5.32 Å². The van der Waals surface area contributed by atoms with Gasteiger partial charge in [-0.25, -0.2) is 4.79 Å². The van der Waals surface area contributed by atoms with Gasteiger partial charge in [-0.3, -0.25) is 9.69 Å². The molecular formula is C28H33N3O4. The Balaban J connectivity index is 1.67. The van der Waals surface area contributed by atoms with E-state index in [0.29, 0.717) is 43.1 Å². The Morgan fingerprint density at radius 2 is 1.49 bits per heavy atom. The average Bonchev–Trinajstić information content (AvgIpc) is 2.89. The van der Waals surface area contributed by atoms with Crippen molar-refractivity contribution < 1.29 is 19.1 Å². The van der Waals surface area contributed by atoms with Gasteiger partial charge in [0.2, 0.25) is 5.91 Å². The number of anilines is 2.